The largest absolute Gasteiger partial charge is 0.351 e. The number of likely N-dealkylation sites (N-methyl/N-ethyl adjacent to an activating group) is 1. The number of nitrogens with zero attached hydrogens (tertiary/aromatic N) is 1. The third-order valence-electron chi connectivity index (χ3n) is 3.02. The van der Waals surface area contributed by atoms with Gasteiger partial charge in [-0.25, -0.2) is 0 Å². The molecule has 0 unspecified atom stereocenters. The van der Waals surface area contributed by atoms with E-state index in [9.17, 15) is 4.79 Å². The molecule has 0 spiro atoms. The summed E-state index contributed by atoms with van der Waals surface area (Å²) in [5.74, 6) is -0.115. The Morgan fingerprint density at radius 1 is 1.14 bits per heavy atom. The lowest BCUT2D eigenvalue weighted by Gasteiger charge is -2.07. The van der Waals surface area contributed by atoms with E-state index in [1.807, 2.05) is 37.3 Å². The second kappa shape index (κ2) is 7.76. The van der Waals surface area contributed by atoms with Gasteiger partial charge in [0.1, 0.15) is 0 Å². The van der Waals surface area contributed by atoms with Gasteiger partial charge in [-0.1, -0.05) is 30.7 Å². The fourth-order valence-electron chi connectivity index (χ4n) is 1.91. The third kappa shape index (κ3) is 4.55. The highest BCUT2D eigenvalue weighted by atomic mass is 35.5. The van der Waals surface area contributed by atoms with E-state index in [1.54, 1.807) is 12.4 Å². The summed E-state index contributed by atoms with van der Waals surface area (Å²) in [4.78, 5) is 16.2. The SMILES string of the molecule is CCNCCNC(=O)c1cncc(-c2ccc(Cl)cc2)c1. The van der Waals surface area contributed by atoms with Crippen molar-refractivity contribution >= 4 is 17.5 Å². The fourth-order valence-corrected chi connectivity index (χ4v) is 2.03. The maximum Gasteiger partial charge on any atom is 0.252 e. The Labute approximate surface area is 129 Å². The number of nitrogens with one attached hydrogen (secondary N) is 2. The summed E-state index contributed by atoms with van der Waals surface area (Å²) in [6.45, 7) is 4.27. The predicted octanol–water partition coefficient (Wildman–Crippen LogP) is 2.74. The molecule has 0 bridgehead atoms. The number of amides is 1. The Morgan fingerprint density at radius 2 is 1.90 bits per heavy atom. The van der Waals surface area contributed by atoms with Crippen LogP contribution in [0.1, 0.15) is 17.3 Å². The van der Waals surface area contributed by atoms with E-state index < -0.39 is 0 Å². The number of rotatable bonds is 6. The topological polar surface area (TPSA) is 54.0 Å². The van der Waals surface area contributed by atoms with E-state index in [4.69, 9.17) is 11.6 Å². The first kappa shape index (κ1) is 15.5. The lowest BCUT2D eigenvalue weighted by Crippen LogP contribution is -2.31. The van der Waals surface area contributed by atoms with Crippen molar-refractivity contribution in [3.63, 3.8) is 0 Å². The fraction of sp³-hybridized carbons (Fsp3) is 0.250. The van der Waals surface area contributed by atoms with Crippen LogP contribution in [0.3, 0.4) is 0 Å². The zero-order valence-electron chi connectivity index (χ0n) is 11.9. The third-order valence-corrected chi connectivity index (χ3v) is 3.27. The summed E-state index contributed by atoms with van der Waals surface area (Å²) in [5, 5.41) is 6.70. The molecule has 4 nitrogen and oxygen atoms in total. The zero-order chi connectivity index (χ0) is 15.1. The second-order valence-electron chi connectivity index (χ2n) is 4.58. The smallest absolute Gasteiger partial charge is 0.252 e. The molecule has 1 heterocycles. The quantitative estimate of drug-likeness (QED) is 0.807. The molecule has 110 valence electrons. The van der Waals surface area contributed by atoms with Crippen LogP contribution in [0, 0.1) is 0 Å². The highest BCUT2D eigenvalue weighted by molar-refractivity contribution is 6.30. The van der Waals surface area contributed by atoms with Crippen LogP contribution < -0.4 is 10.6 Å². The molecule has 2 aromatic rings. The molecule has 0 atom stereocenters. The summed E-state index contributed by atoms with van der Waals surface area (Å²) in [5.41, 5.74) is 2.43. The first-order valence-electron chi connectivity index (χ1n) is 6.90. The van der Waals surface area contributed by atoms with Crippen LogP contribution in [-0.4, -0.2) is 30.5 Å². The minimum Gasteiger partial charge on any atom is -0.351 e. The van der Waals surface area contributed by atoms with Crippen molar-refractivity contribution in [3.8, 4) is 11.1 Å². The number of hydrogen-bond donors (Lipinski definition) is 2. The lowest BCUT2D eigenvalue weighted by molar-refractivity contribution is 0.0953. The van der Waals surface area contributed by atoms with Gasteiger partial charge in [0.2, 0.25) is 0 Å². The monoisotopic (exact) mass is 303 g/mol. The second-order valence-corrected chi connectivity index (χ2v) is 5.02. The Balaban J connectivity index is 2.06. The van der Waals surface area contributed by atoms with Gasteiger partial charge in [-0.05, 0) is 30.3 Å². The maximum absolute atomic E-state index is 12.0. The normalized spacial score (nSPS) is 10.4. The zero-order valence-corrected chi connectivity index (χ0v) is 12.7. The van der Waals surface area contributed by atoms with Crippen LogP contribution in [0.5, 0.6) is 0 Å². The molecule has 0 aliphatic heterocycles. The van der Waals surface area contributed by atoms with E-state index in [0.29, 0.717) is 17.1 Å². The molecule has 0 radical (unpaired) electrons. The van der Waals surface area contributed by atoms with E-state index in [0.717, 1.165) is 24.2 Å². The highest BCUT2D eigenvalue weighted by Crippen LogP contribution is 2.21. The van der Waals surface area contributed by atoms with Gasteiger partial charge >= 0.3 is 0 Å². The van der Waals surface area contributed by atoms with Crippen molar-refractivity contribution in [2.75, 3.05) is 19.6 Å². The molecule has 0 saturated heterocycles. The summed E-state index contributed by atoms with van der Waals surface area (Å²) >= 11 is 5.88. The van der Waals surface area contributed by atoms with Gasteiger partial charge in [0, 0.05) is 36.1 Å². The summed E-state index contributed by atoms with van der Waals surface area (Å²) in [6, 6.07) is 9.29. The molecular formula is C16H18ClN3O. The van der Waals surface area contributed by atoms with Crippen LogP contribution in [0.25, 0.3) is 11.1 Å². The predicted molar refractivity (Wildman–Crippen MR) is 85.6 cm³/mol. The van der Waals surface area contributed by atoms with Gasteiger partial charge < -0.3 is 10.6 Å². The van der Waals surface area contributed by atoms with Gasteiger partial charge in [-0.2, -0.15) is 0 Å². The molecular weight excluding hydrogens is 286 g/mol. The molecule has 0 saturated carbocycles. The van der Waals surface area contributed by atoms with Crippen molar-refractivity contribution < 1.29 is 4.79 Å². The number of carbonyl (C=O) groups excluding carboxylic acids is 1. The Bertz CT molecular complexity index is 599. The minimum atomic E-state index is -0.115. The molecule has 0 aliphatic carbocycles. The number of carbonyl (C=O) groups is 1. The van der Waals surface area contributed by atoms with E-state index in [2.05, 4.69) is 15.6 Å². The van der Waals surface area contributed by atoms with Crippen LogP contribution in [0.4, 0.5) is 0 Å². The molecule has 1 aromatic heterocycles. The Kier molecular flexibility index (Phi) is 5.72. The Hall–Kier alpha value is -1.91. The minimum absolute atomic E-state index is 0.115. The van der Waals surface area contributed by atoms with Crippen molar-refractivity contribution in [3.05, 3.63) is 53.3 Å². The molecule has 0 fully saturated rings. The van der Waals surface area contributed by atoms with Gasteiger partial charge in [-0.3, -0.25) is 9.78 Å². The summed E-state index contributed by atoms with van der Waals surface area (Å²) < 4.78 is 0. The number of hydrogen-bond acceptors (Lipinski definition) is 3. The van der Waals surface area contributed by atoms with Gasteiger partial charge in [0.05, 0.1) is 5.56 Å². The average Bonchev–Trinajstić information content (AvgIpc) is 2.52. The number of benzene rings is 1. The Morgan fingerprint density at radius 3 is 2.62 bits per heavy atom. The highest BCUT2D eigenvalue weighted by Gasteiger charge is 2.07. The van der Waals surface area contributed by atoms with Crippen LogP contribution in [-0.2, 0) is 0 Å². The molecule has 1 aromatic carbocycles. The first-order valence-corrected chi connectivity index (χ1v) is 7.28. The van der Waals surface area contributed by atoms with Crippen LogP contribution in [0.2, 0.25) is 5.02 Å². The summed E-state index contributed by atoms with van der Waals surface area (Å²) in [6.07, 6.45) is 3.31. The molecule has 1 amide bonds. The van der Waals surface area contributed by atoms with Gasteiger partial charge in [-0.15, -0.1) is 0 Å². The molecule has 2 rings (SSSR count). The standard InChI is InChI=1S/C16H18ClN3O/c1-2-18-7-8-20-16(21)14-9-13(10-19-11-14)12-3-5-15(17)6-4-12/h3-6,9-11,18H,2,7-8H2,1H3,(H,20,21). The van der Waals surface area contributed by atoms with Gasteiger partial charge in [0.15, 0.2) is 0 Å². The van der Waals surface area contributed by atoms with E-state index >= 15 is 0 Å². The van der Waals surface area contributed by atoms with Crippen molar-refractivity contribution in [1.82, 2.24) is 15.6 Å². The van der Waals surface area contributed by atoms with Crippen LogP contribution in [0.15, 0.2) is 42.7 Å². The molecule has 21 heavy (non-hydrogen) atoms. The molecule has 0 aliphatic rings. The van der Waals surface area contributed by atoms with Crippen molar-refractivity contribution in [1.29, 1.82) is 0 Å². The molecule has 5 heteroatoms. The molecule has 2 N–H and O–H groups in total. The van der Waals surface area contributed by atoms with Gasteiger partial charge in [0.25, 0.3) is 5.91 Å². The average molecular weight is 304 g/mol. The number of halogens is 1. The van der Waals surface area contributed by atoms with E-state index in [-0.39, 0.29) is 5.91 Å². The number of pyridine rings is 1. The van der Waals surface area contributed by atoms with E-state index in [1.165, 1.54) is 0 Å². The van der Waals surface area contributed by atoms with Crippen molar-refractivity contribution in [2.24, 2.45) is 0 Å². The first-order chi connectivity index (χ1) is 10.2. The maximum atomic E-state index is 12.0. The number of aromatic nitrogens is 1. The summed E-state index contributed by atoms with van der Waals surface area (Å²) in [7, 11) is 0. The van der Waals surface area contributed by atoms with Crippen LogP contribution >= 0.6 is 11.6 Å². The van der Waals surface area contributed by atoms with Crippen molar-refractivity contribution in [2.45, 2.75) is 6.92 Å². The lowest BCUT2D eigenvalue weighted by atomic mass is 10.1.